The highest BCUT2D eigenvalue weighted by atomic mass is 15.3. The number of hydrogen-bond donors (Lipinski definition) is 3. The Kier molecular flexibility index (Phi) is 3.69. The molecule has 2 aliphatic carbocycles. The van der Waals surface area contributed by atoms with Crippen LogP contribution in [0.2, 0.25) is 0 Å². The molecule has 4 heteroatoms. The van der Waals surface area contributed by atoms with E-state index in [-0.39, 0.29) is 5.54 Å². The topological polar surface area (TPSA) is 62.4 Å². The van der Waals surface area contributed by atoms with Gasteiger partial charge in [0.2, 0.25) is 5.96 Å². The molecule has 0 aliphatic heterocycles. The largest absolute Gasteiger partial charge is 0.350 e. The third kappa shape index (κ3) is 2.88. The van der Waals surface area contributed by atoms with E-state index in [0.717, 1.165) is 5.96 Å². The standard InChI is InChI=1S/C12H24N4/c1-12(8-5-9-12)15-11(16-13)14-10-6-3-2-4-7-10/h10H,2-9,13H2,1H3,(H2,14,15,16). The zero-order valence-corrected chi connectivity index (χ0v) is 10.3. The Bertz CT molecular complexity index is 252. The second-order valence-corrected chi connectivity index (χ2v) is 5.45. The molecule has 92 valence electrons. The van der Waals surface area contributed by atoms with E-state index < -0.39 is 0 Å². The third-order valence-corrected chi connectivity index (χ3v) is 3.90. The number of nitrogens with two attached hydrogens (primary N) is 1. The molecule has 0 heterocycles. The fourth-order valence-electron chi connectivity index (χ4n) is 2.62. The zero-order valence-electron chi connectivity index (χ0n) is 10.3. The van der Waals surface area contributed by atoms with E-state index in [4.69, 9.17) is 10.8 Å². The van der Waals surface area contributed by atoms with Gasteiger partial charge in [-0.1, -0.05) is 19.3 Å². The summed E-state index contributed by atoms with van der Waals surface area (Å²) in [6, 6.07) is 0.468. The van der Waals surface area contributed by atoms with Gasteiger partial charge < -0.3 is 5.32 Å². The summed E-state index contributed by atoms with van der Waals surface area (Å²) in [5.41, 5.74) is 2.93. The lowest BCUT2D eigenvalue weighted by Crippen LogP contribution is -2.56. The average molecular weight is 224 g/mol. The molecule has 0 atom stereocenters. The molecule has 2 fully saturated rings. The first-order valence-electron chi connectivity index (χ1n) is 6.54. The Morgan fingerprint density at radius 1 is 1.19 bits per heavy atom. The van der Waals surface area contributed by atoms with Crippen molar-refractivity contribution in [1.82, 2.24) is 10.7 Å². The molecule has 4 nitrogen and oxygen atoms in total. The number of guanidine groups is 1. The second kappa shape index (κ2) is 5.04. The summed E-state index contributed by atoms with van der Waals surface area (Å²) >= 11 is 0. The van der Waals surface area contributed by atoms with Crippen LogP contribution in [0, 0.1) is 0 Å². The minimum absolute atomic E-state index is 0.222. The van der Waals surface area contributed by atoms with Crippen LogP contribution in [0.1, 0.15) is 58.3 Å². The maximum Gasteiger partial charge on any atom is 0.206 e. The summed E-state index contributed by atoms with van der Waals surface area (Å²) in [6.45, 7) is 2.24. The molecule has 0 aromatic carbocycles. The smallest absolute Gasteiger partial charge is 0.206 e. The minimum atomic E-state index is 0.222. The van der Waals surface area contributed by atoms with Crippen LogP contribution in [-0.4, -0.2) is 17.5 Å². The van der Waals surface area contributed by atoms with Gasteiger partial charge in [-0.15, -0.1) is 0 Å². The number of aliphatic imine (C=N–C) groups is 1. The van der Waals surface area contributed by atoms with Crippen molar-refractivity contribution in [3.63, 3.8) is 0 Å². The van der Waals surface area contributed by atoms with Gasteiger partial charge in [-0.25, -0.2) is 10.8 Å². The van der Waals surface area contributed by atoms with Crippen molar-refractivity contribution in [2.75, 3.05) is 0 Å². The van der Waals surface area contributed by atoms with Crippen LogP contribution < -0.4 is 16.6 Å². The van der Waals surface area contributed by atoms with Gasteiger partial charge >= 0.3 is 0 Å². The Balaban J connectivity index is 1.89. The lowest BCUT2D eigenvalue weighted by Gasteiger charge is -2.40. The molecule has 0 aromatic heterocycles. The SMILES string of the molecule is CC1(NC(=NC2CCCCC2)NN)CCC1. The van der Waals surface area contributed by atoms with E-state index in [0.29, 0.717) is 6.04 Å². The quantitative estimate of drug-likeness (QED) is 0.289. The van der Waals surface area contributed by atoms with Gasteiger partial charge in [-0.3, -0.25) is 5.43 Å². The van der Waals surface area contributed by atoms with E-state index in [2.05, 4.69) is 17.7 Å². The molecule has 2 saturated carbocycles. The van der Waals surface area contributed by atoms with Gasteiger partial charge in [0.1, 0.15) is 0 Å². The fraction of sp³-hybridized carbons (Fsp3) is 0.917. The van der Waals surface area contributed by atoms with Gasteiger partial charge in [0.05, 0.1) is 6.04 Å². The number of nitrogens with zero attached hydrogens (tertiary/aromatic N) is 1. The summed E-state index contributed by atoms with van der Waals surface area (Å²) < 4.78 is 0. The molecule has 0 unspecified atom stereocenters. The van der Waals surface area contributed by atoms with Gasteiger partial charge in [0, 0.05) is 5.54 Å². The van der Waals surface area contributed by atoms with E-state index in [1.807, 2.05) is 0 Å². The van der Waals surface area contributed by atoms with Crippen molar-refractivity contribution in [2.24, 2.45) is 10.8 Å². The van der Waals surface area contributed by atoms with Gasteiger partial charge in [-0.05, 0) is 39.0 Å². The monoisotopic (exact) mass is 224 g/mol. The highest BCUT2D eigenvalue weighted by Gasteiger charge is 2.32. The predicted octanol–water partition coefficient (Wildman–Crippen LogP) is 1.67. The molecule has 2 rings (SSSR count). The van der Waals surface area contributed by atoms with Crippen molar-refractivity contribution < 1.29 is 0 Å². The molecule has 0 aromatic rings. The summed E-state index contributed by atoms with van der Waals surface area (Å²) in [5.74, 6) is 6.32. The average Bonchev–Trinajstić information content (AvgIpc) is 2.27. The molecule has 2 aliphatic rings. The maximum atomic E-state index is 5.53. The molecular formula is C12H24N4. The number of hydrogen-bond acceptors (Lipinski definition) is 2. The predicted molar refractivity (Wildman–Crippen MR) is 67.0 cm³/mol. The second-order valence-electron chi connectivity index (χ2n) is 5.45. The molecule has 0 spiro atoms. The van der Waals surface area contributed by atoms with Crippen LogP contribution in [0.5, 0.6) is 0 Å². The van der Waals surface area contributed by atoms with Crippen LogP contribution in [0.4, 0.5) is 0 Å². The number of nitrogens with one attached hydrogen (secondary N) is 2. The Hall–Kier alpha value is -0.770. The summed E-state index contributed by atoms with van der Waals surface area (Å²) in [4.78, 5) is 4.69. The number of rotatable bonds is 2. The van der Waals surface area contributed by atoms with Gasteiger partial charge in [-0.2, -0.15) is 0 Å². The number of hydrazine groups is 1. The fourth-order valence-corrected chi connectivity index (χ4v) is 2.62. The zero-order chi connectivity index (χ0) is 11.4. The molecule has 0 saturated heterocycles. The van der Waals surface area contributed by atoms with Crippen molar-refractivity contribution >= 4 is 5.96 Å². The normalized spacial score (nSPS) is 26.0. The Morgan fingerprint density at radius 2 is 1.88 bits per heavy atom. The van der Waals surface area contributed by atoms with E-state index in [1.54, 1.807) is 0 Å². The highest BCUT2D eigenvalue weighted by Crippen LogP contribution is 2.30. The first-order valence-corrected chi connectivity index (χ1v) is 6.54. The van der Waals surface area contributed by atoms with Crippen LogP contribution in [0.3, 0.4) is 0 Å². The van der Waals surface area contributed by atoms with Crippen molar-refractivity contribution in [2.45, 2.75) is 69.9 Å². The van der Waals surface area contributed by atoms with Crippen molar-refractivity contribution in [1.29, 1.82) is 0 Å². The molecule has 4 N–H and O–H groups in total. The van der Waals surface area contributed by atoms with E-state index in [9.17, 15) is 0 Å². The van der Waals surface area contributed by atoms with E-state index in [1.165, 1.54) is 51.4 Å². The lowest BCUT2D eigenvalue weighted by molar-refractivity contribution is 0.241. The molecule has 16 heavy (non-hydrogen) atoms. The maximum absolute atomic E-state index is 5.53. The summed E-state index contributed by atoms with van der Waals surface area (Å²) in [6.07, 6.45) is 10.2. The molecule has 0 bridgehead atoms. The first kappa shape index (κ1) is 11.7. The highest BCUT2D eigenvalue weighted by molar-refractivity contribution is 5.80. The Labute approximate surface area is 98.0 Å². The summed E-state index contributed by atoms with van der Waals surface area (Å²) in [5, 5.41) is 3.44. The van der Waals surface area contributed by atoms with Crippen LogP contribution in [-0.2, 0) is 0 Å². The van der Waals surface area contributed by atoms with Crippen LogP contribution in [0.25, 0.3) is 0 Å². The lowest BCUT2D eigenvalue weighted by atomic mass is 9.79. The van der Waals surface area contributed by atoms with Crippen LogP contribution >= 0.6 is 0 Å². The van der Waals surface area contributed by atoms with Crippen molar-refractivity contribution in [3.8, 4) is 0 Å². The minimum Gasteiger partial charge on any atom is -0.350 e. The molecule has 0 radical (unpaired) electrons. The Morgan fingerprint density at radius 3 is 2.38 bits per heavy atom. The summed E-state index contributed by atoms with van der Waals surface area (Å²) in [7, 11) is 0. The molecule has 0 amide bonds. The van der Waals surface area contributed by atoms with Crippen LogP contribution in [0.15, 0.2) is 4.99 Å². The van der Waals surface area contributed by atoms with Gasteiger partial charge in [0.25, 0.3) is 0 Å². The molecular weight excluding hydrogens is 200 g/mol. The van der Waals surface area contributed by atoms with Gasteiger partial charge in [0.15, 0.2) is 0 Å². The van der Waals surface area contributed by atoms with E-state index >= 15 is 0 Å². The van der Waals surface area contributed by atoms with Crippen molar-refractivity contribution in [3.05, 3.63) is 0 Å². The first-order chi connectivity index (χ1) is 7.72. The third-order valence-electron chi connectivity index (χ3n) is 3.90.